The molecule has 0 aliphatic heterocycles. The lowest BCUT2D eigenvalue weighted by atomic mass is 10.1. The molecule has 1 rings (SSSR count). The lowest BCUT2D eigenvalue weighted by molar-refractivity contribution is 0.143. The number of rotatable bonds is 2. The van der Waals surface area contributed by atoms with Crippen LogP contribution in [0, 0.1) is 0 Å². The van der Waals surface area contributed by atoms with Crippen LogP contribution in [0.15, 0.2) is 29.3 Å². The molecule has 1 aromatic carbocycles. The van der Waals surface area contributed by atoms with E-state index in [0.29, 0.717) is 5.69 Å². The average molecular weight is 236 g/mol. The fraction of sp³-hybridized carbons (Fsp3) is 0.333. The Morgan fingerprint density at radius 3 is 2.24 bits per heavy atom. The standard InChI is InChI=1S/C12H16N2O3/c1-12(2,3)14(11(16)17)8-13-9-4-6-10(15)7-5-9/h4-8,15H,1-3H3,(H,16,17). The van der Waals surface area contributed by atoms with Crippen molar-refractivity contribution in [2.45, 2.75) is 26.3 Å². The van der Waals surface area contributed by atoms with Gasteiger partial charge in [0, 0.05) is 5.54 Å². The normalized spacial score (nSPS) is 11.7. The monoisotopic (exact) mass is 236 g/mol. The smallest absolute Gasteiger partial charge is 0.413 e. The zero-order valence-electron chi connectivity index (χ0n) is 10.1. The van der Waals surface area contributed by atoms with Gasteiger partial charge in [0.15, 0.2) is 0 Å². The van der Waals surface area contributed by atoms with Crippen LogP contribution in [0.2, 0.25) is 0 Å². The van der Waals surface area contributed by atoms with Crippen molar-refractivity contribution >= 4 is 18.1 Å². The minimum absolute atomic E-state index is 0.148. The van der Waals surface area contributed by atoms with Gasteiger partial charge in [-0.2, -0.15) is 0 Å². The second-order valence-electron chi connectivity index (χ2n) is 4.58. The van der Waals surface area contributed by atoms with E-state index in [1.54, 1.807) is 32.9 Å². The summed E-state index contributed by atoms with van der Waals surface area (Å²) in [6.45, 7) is 5.35. The molecule has 2 N–H and O–H groups in total. The van der Waals surface area contributed by atoms with Crippen molar-refractivity contribution in [3.63, 3.8) is 0 Å². The summed E-state index contributed by atoms with van der Waals surface area (Å²) in [5, 5.41) is 18.1. The molecule has 0 bridgehead atoms. The highest BCUT2D eigenvalue weighted by Crippen LogP contribution is 2.17. The number of aromatic hydroxyl groups is 1. The number of benzene rings is 1. The number of phenolic OH excluding ortho intramolecular Hbond substituents is 1. The van der Waals surface area contributed by atoms with Crippen LogP contribution in [-0.2, 0) is 0 Å². The highest BCUT2D eigenvalue weighted by Gasteiger charge is 2.24. The van der Waals surface area contributed by atoms with Crippen LogP contribution in [-0.4, -0.2) is 33.1 Å². The first-order valence-corrected chi connectivity index (χ1v) is 5.16. The van der Waals surface area contributed by atoms with Gasteiger partial charge in [-0.05, 0) is 45.0 Å². The van der Waals surface area contributed by atoms with Crippen molar-refractivity contribution < 1.29 is 15.0 Å². The van der Waals surface area contributed by atoms with E-state index in [0.717, 1.165) is 4.90 Å². The van der Waals surface area contributed by atoms with Crippen molar-refractivity contribution in [3.8, 4) is 5.75 Å². The summed E-state index contributed by atoms with van der Waals surface area (Å²) in [7, 11) is 0. The number of amides is 1. The molecular formula is C12H16N2O3. The molecule has 0 fully saturated rings. The molecule has 0 aliphatic carbocycles. The third-order valence-electron chi connectivity index (χ3n) is 2.10. The molecule has 0 aliphatic rings. The Labute approximate surface area is 100 Å². The molecular weight excluding hydrogens is 220 g/mol. The Morgan fingerprint density at radius 2 is 1.82 bits per heavy atom. The fourth-order valence-corrected chi connectivity index (χ4v) is 1.17. The third kappa shape index (κ3) is 3.79. The van der Waals surface area contributed by atoms with Gasteiger partial charge in [-0.15, -0.1) is 0 Å². The Hall–Kier alpha value is -2.04. The van der Waals surface area contributed by atoms with Gasteiger partial charge in [0.1, 0.15) is 12.1 Å². The van der Waals surface area contributed by atoms with Crippen molar-refractivity contribution in [1.82, 2.24) is 4.90 Å². The SMILES string of the molecule is CC(C)(C)N(C=Nc1ccc(O)cc1)C(=O)O. The Bertz CT molecular complexity index is 418. The zero-order valence-corrected chi connectivity index (χ0v) is 10.1. The van der Waals surface area contributed by atoms with E-state index in [1.165, 1.54) is 18.5 Å². The van der Waals surface area contributed by atoms with E-state index in [-0.39, 0.29) is 5.75 Å². The summed E-state index contributed by atoms with van der Waals surface area (Å²) < 4.78 is 0. The summed E-state index contributed by atoms with van der Waals surface area (Å²) in [6.07, 6.45) is 0.217. The van der Waals surface area contributed by atoms with Crippen molar-refractivity contribution in [3.05, 3.63) is 24.3 Å². The van der Waals surface area contributed by atoms with Crippen LogP contribution < -0.4 is 0 Å². The van der Waals surface area contributed by atoms with Crippen molar-refractivity contribution in [2.75, 3.05) is 0 Å². The first-order chi connectivity index (χ1) is 7.80. The van der Waals surface area contributed by atoms with Gasteiger partial charge in [-0.1, -0.05) is 0 Å². The summed E-state index contributed by atoms with van der Waals surface area (Å²) in [5.41, 5.74) is 0.0324. The molecule has 1 aromatic rings. The van der Waals surface area contributed by atoms with E-state index in [1.807, 2.05) is 0 Å². The van der Waals surface area contributed by atoms with E-state index in [2.05, 4.69) is 4.99 Å². The highest BCUT2D eigenvalue weighted by molar-refractivity contribution is 5.83. The predicted octanol–water partition coefficient (Wildman–Crippen LogP) is 2.83. The zero-order chi connectivity index (χ0) is 13.1. The van der Waals surface area contributed by atoms with Crippen LogP contribution in [0.3, 0.4) is 0 Å². The summed E-state index contributed by atoms with van der Waals surface area (Å²) in [4.78, 5) is 16.2. The molecule has 0 atom stereocenters. The van der Waals surface area contributed by atoms with Crippen LogP contribution in [0.1, 0.15) is 20.8 Å². The molecule has 1 amide bonds. The van der Waals surface area contributed by atoms with Crippen molar-refractivity contribution in [1.29, 1.82) is 0 Å². The maximum Gasteiger partial charge on any atom is 0.413 e. The number of aliphatic imine (C=N–C) groups is 1. The number of hydrogen-bond donors (Lipinski definition) is 2. The quantitative estimate of drug-likeness (QED) is 0.612. The minimum atomic E-state index is -1.06. The minimum Gasteiger partial charge on any atom is -0.508 e. The first kappa shape index (κ1) is 13.0. The average Bonchev–Trinajstić information content (AvgIpc) is 2.18. The van der Waals surface area contributed by atoms with E-state index >= 15 is 0 Å². The fourth-order valence-electron chi connectivity index (χ4n) is 1.17. The maximum absolute atomic E-state index is 11.0. The lowest BCUT2D eigenvalue weighted by Crippen LogP contribution is -2.43. The Balaban J connectivity index is 2.87. The van der Waals surface area contributed by atoms with Gasteiger partial charge in [0.2, 0.25) is 0 Å². The number of carboxylic acid groups (broad SMARTS) is 1. The van der Waals surface area contributed by atoms with Gasteiger partial charge < -0.3 is 10.2 Å². The number of hydrogen-bond acceptors (Lipinski definition) is 3. The largest absolute Gasteiger partial charge is 0.508 e. The number of carbonyl (C=O) groups is 1. The van der Waals surface area contributed by atoms with Gasteiger partial charge >= 0.3 is 6.09 Å². The molecule has 0 saturated heterocycles. The molecule has 92 valence electrons. The molecule has 5 heteroatoms. The van der Waals surface area contributed by atoms with Gasteiger partial charge in [-0.3, -0.25) is 4.90 Å². The topological polar surface area (TPSA) is 73.1 Å². The molecule has 5 nitrogen and oxygen atoms in total. The molecule has 0 radical (unpaired) electrons. The molecule has 0 saturated carbocycles. The maximum atomic E-state index is 11.0. The second kappa shape index (κ2) is 4.86. The van der Waals surface area contributed by atoms with E-state index in [9.17, 15) is 4.79 Å². The number of nitrogens with zero attached hydrogens (tertiary/aromatic N) is 2. The van der Waals surface area contributed by atoms with Crippen molar-refractivity contribution in [2.24, 2.45) is 4.99 Å². The van der Waals surface area contributed by atoms with Gasteiger partial charge in [0.05, 0.1) is 5.69 Å². The number of phenols is 1. The van der Waals surface area contributed by atoms with E-state index in [4.69, 9.17) is 10.2 Å². The molecule has 0 spiro atoms. The summed E-state index contributed by atoms with van der Waals surface area (Å²) in [5.74, 6) is 0.148. The van der Waals surface area contributed by atoms with Crippen LogP contribution in [0.4, 0.5) is 10.5 Å². The summed E-state index contributed by atoms with van der Waals surface area (Å²) >= 11 is 0. The Morgan fingerprint density at radius 1 is 1.29 bits per heavy atom. The Kier molecular flexibility index (Phi) is 3.73. The predicted molar refractivity (Wildman–Crippen MR) is 65.9 cm³/mol. The molecule has 0 heterocycles. The third-order valence-corrected chi connectivity index (χ3v) is 2.10. The molecule has 0 unspecified atom stereocenters. The van der Waals surface area contributed by atoms with Crippen LogP contribution in [0.25, 0.3) is 0 Å². The van der Waals surface area contributed by atoms with Crippen LogP contribution in [0.5, 0.6) is 5.75 Å². The second-order valence-corrected chi connectivity index (χ2v) is 4.58. The summed E-state index contributed by atoms with van der Waals surface area (Å²) in [6, 6.07) is 6.20. The molecule has 0 aromatic heterocycles. The molecule has 17 heavy (non-hydrogen) atoms. The van der Waals surface area contributed by atoms with Gasteiger partial charge in [0.25, 0.3) is 0 Å². The first-order valence-electron chi connectivity index (χ1n) is 5.16. The van der Waals surface area contributed by atoms with Crippen LogP contribution >= 0.6 is 0 Å². The van der Waals surface area contributed by atoms with E-state index < -0.39 is 11.6 Å². The van der Waals surface area contributed by atoms with Gasteiger partial charge in [-0.25, -0.2) is 9.79 Å². The highest BCUT2D eigenvalue weighted by atomic mass is 16.4. The lowest BCUT2D eigenvalue weighted by Gasteiger charge is -2.28.